The molecule has 0 saturated carbocycles. The van der Waals surface area contributed by atoms with E-state index in [0.29, 0.717) is 0 Å². The van der Waals surface area contributed by atoms with Crippen LogP contribution in [0.3, 0.4) is 0 Å². The molecule has 0 bridgehead atoms. The first kappa shape index (κ1) is 32.8. The molecule has 0 amide bonds. The lowest BCUT2D eigenvalue weighted by Crippen LogP contribution is -2.16. The zero-order valence-corrected chi connectivity index (χ0v) is 32.2. The Balaban J connectivity index is 1.08. The summed E-state index contributed by atoms with van der Waals surface area (Å²) in [7, 11) is 0. The molecular formula is C54H42N2. The number of fused-ring (bicyclic) bond motifs is 9. The highest BCUT2D eigenvalue weighted by atomic mass is 15.1. The third-order valence-corrected chi connectivity index (χ3v) is 12.8. The normalized spacial score (nSPS) is 14.4. The summed E-state index contributed by atoms with van der Waals surface area (Å²) in [5, 5.41) is 2.50. The van der Waals surface area contributed by atoms with Crippen LogP contribution in [0.15, 0.2) is 182 Å². The summed E-state index contributed by atoms with van der Waals surface area (Å²) in [4.78, 5) is 2.44. The second-order valence-electron chi connectivity index (χ2n) is 16.6. The van der Waals surface area contributed by atoms with Gasteiger partial charge in [0.05, 0.1) is 11.0 Å². The van der Waals surface area contributed by atoms with E-state index in [1.165, 1.54) is 77.4 Å². The predicted octanol–water partition coefficient (Wildman–Crippen LogP) is 14.5. The van der Waals surface area contributed by atoms with Gasteiger partial charge in [0.2, 0.25) is 0 Å². The molecule has 0 unspecified atom stereocenters. The topological polar surface area (TPSA) is 8.17 Å². The van der Waals surface area contributed by atoms with Crippen LogP contribution in [0.5, 0.6) is 0 Å². The van der Waals surface area contributed by atoms with Gasteiger partial charge in [-0.25, -0.2) is 0 Å². The molecule has 2 aliphatic carbocycles. The standard InChI is InChI=1S/C54H42N2/c1-53(2)48-20-12-9-17-42(48)46-32-36(24-31-49(46)53)35-22-25-38(26-23-35)55(39-27-29-43-41-16-8-11-19-47(41)54(3,4)50(43)33-39)40-28-30-45-44-18-10-13-21-51(44)56(52(45)34-40)37-14-6-5-7-15-37/h5-34H,1-4H3. The van der Waals surface area contributed by atoms with E-state index in [-0.39, 0.29) is 10.8 Å². The molecule has 268 valence electrons. The average molecular weight is 719 g/mol. The van der Waals surface area contributed by atoms with Crippen molar-refractivity contribution in [1.82, 2.24) is 4.57 Å². The van der Waals surface area contributed by atoms with Crippen molar-refractivity contribution >= 4 is 38.9 Å². The number of rotatable bonds is 5. The Bertz CT molecular complexity index is 3020. The van der Waals surface area contributed by atoms with E-state index < -0.39 is 0 Å². The SMILES string of the molecule is CC1(C)c2ccccc2-c2cc(-c3ccc(N(c4ccc5c(c4)C(C)(C)c4ccccc4-5)c4ccc5c6ccccc6n(-c6ccccc6)c5c4)cc3)ccc21. The van der Waals surface area contributed by atoms with Crippen molar-refractivity contribution < 1.29 is 0 Å². The lowest BCUT2D eigenvalue weighted by Gasteiger charge is -2.28. The molecule has 11 rings (SSSR count). The first-order valence-corrected chi connectivity index (χ1v) is 19.8. The number of nitrogens with zero attached hydrogens (tertiary/aromatic N) is 2. The number of para-hydroxylation sites is 2. The van der Waals surface area contributed by atoms with E-state index in [4.69, 9.17) is 0 Å². The molecule has 0 radical (unpaired) electrons. The van der Waals surface area contributed by atoms with Gasteiger partial charge >= 0.3 is 0 Å². The fourth-order valence-corrected chi connectivity index (χ4v) is 9.93. The molecule has 0 fully saturated rings. The minimum atomic E-state index is -0.109. The van der Waals surface area contributed by atoms with E-state index in [2.05, 4.69) is 219 Å². The number of hydrogen-bond donors (Lipinski definition) is 0. The van der Waals surface area contributed by atoms with Crippen LogP contribution >= 0.6 is 0 Å². The van der Waals surface area contributed by atoms with Crippen LogP contribution in [0.4, 0.5) is 17.1 Å². The zero-order valence-electron chi connectivity index (χ0n) is 32.2. The summed E-state index contributed by atoms with van der Waals surface area (Å²) in [5.74, 6) is 0. The van der Waals surface area contributed by atoms with Gasteiger partial charge in [-0.2, -0.15) is 0 Å². The van der Waals surface area contributed by atoms with Crippen molar-refractivity contribution in [1.29, 1.82) is 0 Å². The van der Waals surface area contributed by atoms with Crippen LogP contribution in [0.2, 0.25) is 0 Å². The van der Waals surface area contributed by atoms with Crippen molar-refractivity contribution in [3.63, 3.8) is 0 Å². The van der Waals surface area contributed by atoms with Gasteiger partial charge in [-0.05, 0) is 116 Å². The Labute approximate surface area is 328 Å². The number of aromatic nitrogens is 1. The van der Waals surface area contributed by atoms with Gasteiger partial charge in [-0.15, -0.1) is 0 Å². The second-order valence-corrected chi connectivity index (χ2v) is 16.6. The molecule has 0 saturated heterocycles. The van der Waals surface area contributed by atoms with Gasteiger partial charge in [-0.3, -0.25) is 0 Å². The predicted molar refractivity (Wildman–Crippen MR) is 236 cm³/mol. The van der Waals surface area contributed by atoms with E-state index in [9.17, 15) is 0 Å². The van der Waals surface area contributed by atoms with Crippen molar-refractivity contribution in [2.45, 2.75) is 38.5 Å². The fraction of sp³-hybridized carbons (Fsp3) is 0.111. The maximum absolute atomic E-state index is 2.44. The minimum Gasteiger partial charge on any atom is -0.310 e. The molecule has 1 aromatic heterocycles. The average Bonchev–Trinajstić information content (AvgIpc) is 3.78. The molecule has 0 spiro atoms. The first-order chi connectivity index (χ1) is 27.3. The molecule has 2 heteroatoms. The third kappa shape index (κ3) is 4.69. The highest BCUT2D eigenvalue weighted by Gasteiger charge is 2.37. The smallest absolute Gasteiger partial charge is 0.0561 e. The second kappa shape index (κ2) is 11.9. The molecule has 2 nitrogen and oxygen atoms in total. The van der Waals surface area contributed by atoms with Crippen LogP contribution in [0.1, 0.15) is 49.9 Å². The van der Waals surface area contributed by atoms with E-state index in [1.807, 2.05) is 0 Å². The van der Waals surface area contributed by atoms with Gasteiger partial charge in [0.15, 0.2) is 0 Å². The van der Waals surface area contributed by atoms with Gasteiger partial charge in [0.1, 0.15) is 0 Å². The van der Waals surface area contributed by atoms with Gasteiger partial charge in [0, 0.05) is 44.4 Å². The van der Waals surface area contributed by atoms with Crippen molar-refractivity contribution in [2.24, 2.45) is 0 Å². The Morgan fingerprint density at radius 3 is 1.66 bits per heavy atom. The zero-order chi connectivity index (χ0) is 37.8. The number of hydrogen-bond acceptors (Lipinski definition) is 1. The van der Waals surface area contributed by atoms with Crippen LogP contribution in [-0.4, -0.2) is 4.57 Å². The highest BCUT2D eigenvalue weighted by Crippen LogP contribution is 2.52. The monoisotopic (exact) mass is 718 g/mol. The third-order valence-electron chi connectivity index (χ3n) is 12.8. The van der Waals surface area contributed by atoms with Gasteiger partial charge in [-0.1, -0.05) is 149 Å². The maximum atomic E-state index is 2.44. The Kier molecular flexibility index (Phi) is 6.98. The molecule has 0 N–H and O–H groups in total. The van der Waals surface area contributed by atoms with E-state index >= 15 is 0 Å². The number of benzene rings is 8. The summed E-state index contributed by atoms with van der Waals surface area (Å²) in [6.07, 6.45) is 0. The van der Waals surface area contributed by atoms with Crippen LogP contribution in [0.25, 0.3) is 60.9 Å². The highest BCUT2D eigenvalue weighted by molar-refractivity contribution is 6.10. The molecule has 0 atom stereocenters. The maximum Gasteiger partial charge on any atom is 0.0561 e. The fourth-order valence-electron chi connectivity index (χ4n) is 9.93. The molecular weight excluding hydrogens is 677 g/mol. The number of anilines is 3. The molecule has 0 aliphatic heterocycles. The lowest BCUT2D eigenvalue weighted by molar-refractivity contribution is 0.660. The summed E-state index contributed by atoms with van der Waals surface area (Å²) in [6.45, 7) is 9.41. The molecule has 8 aromatic carbocycles. The van der Waals surface area contributed by atoms with Gasteiger partial charge < -0.3 is 9.47 Å². The van der Waals surface area contributed by atoms with Crippen molar-refractivity contribution in [2.75, 3.05) is 4.90 Å². The Morgan fingerprint density at radius 2 is 0.893 bits per heavy atom. The van der Waals surface area contributed by atoms with Crippen molar-refractivity contribution in [3.8, 4) is 39.1 Å². The summed E-state index contributed by atoms with van der Waals surface area (Å²) in [5.41, 5.74) is 20.2. The molecule has 56 heavy (non-hydrogen) atoms. The van der Waals surface area contributed by atoms with Crippen LogP contribution in [0, 0.1) is 0 Å². The van der Waals surface area contributed by atoms with Crippen molar-refractivity contribution in [3.05, 3.63) is 204 Å². The lowest BCUT2D eigenvalue weighted by atomic mass is 9.82. The molecule has 9 aromatic rings. The van der Waals surface area contributed by atoms with Crippen LogP contribution < -0.4 is 4.90 Å². The van der Waals surface area contributed by atoms with Crippen LogP contribution in [-0.2, 0) is 10.8 Å². The van der Waals surface area contributed by atoms with E-state index in [0.717, 1.165) is 22.7 Å². The molecule has 1 heterocycles. The quantitative estimate of drug-likeness (QED) is 0.172. The largest absolute Gasteiger partial charge is 0.310 e. The Morgan fingerprint density at radius 1 is 0.357 bits per heavy atom. The summed E-state index contributed by atoms with van der Waals surface area (Å²) in [6, 6.07) is 67.6. The first-order valence-electron chi connectivity index (χ1n) is 19.8. The summed E-state index contributed by atoms with van der Waals surface area (Å²) < 4.78 is 2.41. The molecule has 2 aliphatic rings. The summed E-state index contributed by atoms with van der Waals surface area (Å²) >= 11 is 0. The van der Waals surface area contributed by atoms with E-state index in [1.54, 1.807) is 0 Å². The Hall–Kier alpha value is -6.64. The minimum absolute atomic E-state index is 0.00602. The van der Waals surface area contributed by atoms with Gasteiger partial charge in [0.25, 0.3) is 0 Å².